The minimum absolute atomic E-state index is 0.0120. The molecule has 1 aliphatic heterocycles. The normalized spacial score (nSPS) is 25.1. The van der Waals surface area contributed by atoms with E-state index in [1.807, 2.05) is 36.4 Å². The molecule has 0 radical (unpaired) electrons. The zero-order chi connectivity index (χ0) is 24.6. The number of benzene rings is 2. The summed E-state index contributed by atoms with van der Waals surface area (Å²) in [4.78, 5) is 38.2. The number of fused-ring (bicyclic) bond motifs is 3. The molecular weight excluding hydrogens is 448 g/mol. The molecule has 1 saturated heterocycles. The number of nitrogens with one attached hydrogen (secondary N) is 1. The molecule has 1 fully saturated rings. The van der Waals surface area contributed by atoms with Crippen molar-refractivity contribution in [3.8, 4) is 11.1 Å². The number of carboxylic acid groups (broad SMARTS) is 1. The Kier molecular flexibility index (Phi) is 6.06. The molecule has 0 bridgehead atoms. The molecule has 2 aliphatic carbocycles. The van der Waals surface area contributed by atoms with Gasteiger partial charge in [0.2, 0.25) is 5.91 Å². The van der Waals surface area contributed by atoms with Gasteiger partial charge in [0.15, 0.2) is 5.60 Å². The maximum absolute atomic E-state index is 12.9. The minimum atomic E-state index is -1.89. The summed E-state index contributed by atoms with van der Waals surface area (Å²) >= 11 is 0. The molecule has 8 heteroatoms. The minimum Gasteiger partial charge on any atom is -0.479 e. The number of likely N-dealkylation sites (tertiary alicyclic amines) is 1. The molecule has 0 saturated carbocycles. The predicted molar refractivity (Wildman–Crippen MR) is 128 cm³/mol. The van der Waals surface area contributed by atoms with E-state index in [4.69, 9.17) is 4.74 Å². The third-order valence-corrected chi connectivity index (χ3v) is 7.28. The van der Waals surface area contributed by atoms with Gasteiger partial charge >= 0.3 is 12.1 Å². The van der Waals surface area contributed by atoms with Crippen LogP contribution in [0.15, 0.2) is 60.7 Å². The van der Waals surface area contributed by atoms with Crippen molar-refractivity contribution >= 4 is 18.0 Å². The Labute approximate surface area is 203 Å². The van der Waals surface area contributed by atoms with Crippen molar-refractivity contribution < 1.29 is 29.3 Å². The van der Waals surface area contributed by atoms with Gasteiger partial charge in [-0.1, -0.05) is 60.7 Å². The van der Waals surface area contributed by atoms with Gasteiger partial charge in [0.1, 0.15) is 6.61 Å². The monoisotopic (exact) mass is 476 g/mol. The fraction of sp³-hybridized carbons (Fsp3) is 0.370. The van der Waals surface area contributed by atoms with Crippen LogP contribution in [0.3, 0.4) is 0 Å². The van der Waals surface area contributed by atoms with Gasteiger partial charge < -0.3 is 25.2 Å². The fourth-order valence-corrected chi connectivity index (χ4v) is 5.40. The van der Waals surface area contributed by atoms with Crippen LogP contribution in [0.4, 0.5) is 4.79 Å². The number of alkyl carbamates (subject to hydrolysis) is 1. The molecule has 182 valence electrons. The van der Waals surface area contributed by atoms with Crippen LogP contribution < -0.4 is 5.32 Å². The molecule has 1 heterocycles. The zero-order valence-electron chi connectivity index (χ0n) is 19.2. The van der Waals surface area contributed by atoms with Crippen molar-refractivity contribution in [2.45, 2.75) is 36.8 Å². The second-order valence-electron chi connectivity index (χ2n) is 9.52. The fourth-order valence-electron chi connectivity index (χ4n) is 5.40. The van der Waals surface area contributed by atoms with Crippen LogP contribution in [0.2, 0.25) is 0 Å². The van der Waals surface area contributed by atoms with E-state index >= 15 is 0 Å². The highest BCUT2D eigenvalue weighted by Crippen LogP contribution is 2.44. The molecule has 3 unspecified atom stereocenters. The molecule has 2 aromatic carbocycles. The second kappa shape index (κ2) is 9.19. The summed E-state index contributed by atoms with van der Waals surface area (Å²) in [6, 6.07) is 15.9. The number of carbonyl (C=O) groups is 3. The number of aliphatic carboxylic acids is 1. The molecule has 2 amide bonds. The van der Waals surface area contributed by atoms with Crippen molar-refractivity contribution in [2.75, 3.05) is 19.7 Å². The number of rotatable bonds is 5. The molecule has 5 rings (SSSR count). The van der Waals surface area contributed by atoms with Crippen LogP contribution >= 0.6 is 0 Å². The summed E-state index contributed by atoms with van der Waals surface area (Å²) in [5.74, 6) is -1.94. The topological polar surface area (TPSA) is 116 Å². The maximum atomic E-state index is 12.9. The molecule has 2 aromatic rings. The number of ether oxygens (including phenoxy) is 1. The number of aliphatic hydroxyl groups is 1. The van der Waals surface area contributed by atoms with E-state index in [-0.39, 0.29) is 44.0 Å². The first-order valence-corrected chi connectivity index (χ1v) is 11.9. The average molecular weight is 477 g/mol. The molecule has 3 atom stereocenters. The Balaban J connectivity index is 1.17. The maximum Gasteiger partial charge on any atom is 0.407 e. The summed E-state index contributed by atoms with van der Waals surface area (Å²) in [5, 5.41) is 22.2. The quantitative estimate of drug-likeness (QED) is 0.572. The van der Waals surface area contributed by atoms with Gasteiger partial charge in [0.25, 0.3) is 0 Å². The molecule has 8 nitrogen and oxygen atoms in total. The number of allylic oxidation sites excluding steroid dienone is 1. The third-order valence-electron chi connectivity index (χ3n) is 7.28. The molecule has 0 spiro atoms. The molecule has 3 aliphatic rings. The van der Waals surface area contributed by atoms with Crippen molar-refractivity contribution in [3.63, 3.8) is 0 Å². The summed E-state index contributed by atoms with van der Waals surface area (Å²) < 4.78 is 5.61. The van der Waals surface area contributed by atoms with Gasteiger partial charge in [-0.05, 0) is 35.1 Å². The number of β-amino-alcohol motifs (C(OH)–C–C–N with tert-alkyl or cyclic N) is 1. The van der Waals surface area contributed by atoms with E-state index < -0.39 is 23.6 Å². The summed E-state index contributed by atoms with van der Waals surface area (Å²) in [6.45, 7) is 0.193. The van der Waals surface area contributed by atoms with Gasteiger partial charge in [0.05, 0.1) is 12.6 Å². The van der Waals surface area contributed by atoms with Gasteiger partial charge in [-0.15, -0.1) is 0 Å². The Morgan fingerprint density at radius 1 is 1.06 bits per heavy atom. The van der Waals surface area contributed by atoms with Gasteiger partial charge in [-0.3, -0.25) is 4.79 Å². The Bertz CT molecular complexity index is 1150. The van der Waals surface area contributed by atoms with E-state index in [1.165, 1.54) is 4.90 Å². The highest BCUT2D eigenvalue weighted by Gasteiger charge is 2.45. The number of hydrogen-bond acceptors (Lipinski definition) is 5. The zero-order valence-corrected chi connectivity index (χ0v) is 19.2. The first kappa shape index (κ1) is 23.1. The number of carbonyl (C=O) groups excluding carboxylic acids is 2. The van der Waals surface area contributed by atoms with Gasteiger partial charge in [-0.2, -0.15) is 0 Å². The standard InChI is InChI=1S/C27H28N2O6/c30-24(29-13-12-27(34,16-29)25(31)32)17-6-5-7-18(14-17)28-26(33)35-15-23-21-10-3-1-8-19(21)20-9-2-4-11-22(20)23/h1-5,7-11,17-18,23,34H,6,12-16H2,(H,28,33)(H,31,32). The number of amides is 2. The predicted octanol–water partition coefficient (Wildman–Crippen LogP) is 2.91. The smallest absolute Gasteiger partial charge is 0.407 e. The van der Waals surface area contributed by atoms with Crippen LogP contribution in [0.1, 0.15) is 36.3 Å². The molecule has 0 aromatic heterocycles. The average Bonchev–Trinajstić information content (AvgIpc) is 3.42. The third kappa shape index (κ3) is 4.41. The van der Waals surface area contributed by atoms with Crippen LogP contribution in [-0.2, 0) is 14.3 Å². The number of nitrogens with zero attached hydrogens (tertiary/aromatic N) is 1. The van der Waals surface area contributed by atoms with E-state index in [0.717, 1.165) is 22.3 Å². The van der Waals surface area contributed by atoms with E-state index in [9.17, 15) is 24.6 Å². The Hall–Kier alpha value is -3.65. The molecule has 35 heavy (non-hydrogen) atoms. The summed E-state index contributed by atoms with van der Waals surface area (Å²) in [5.41, 5.74) is 2.70. The lowest BCUT2D eigenvalue weighted by molar-refractivity contribution is -0.157. The van der Waals surface area contributed by atoms with Crippen LogP contribution in [0.5, 0.6) is 0 Å². The van der Waals surface area contributed by atoms with Gasteiger partial charge in [-0.25, -0.2) is 9.59 Å². The SMILES string of the molecule is O=C(NC1C=CCC(C(=O)N2CCC(O)(C(=O)O)C2)C1)OCC1c2ccccc2-c2ccccc21. The van der Waals surface area contributed by atoms with Crippen LogP contribution in [-0.4, -0.2) is 64.4 Å². The Morgan fingerprint density at radius 2 is 1.71 bits per heavy atom. The number of hydrogen-bond donors (Lipinski definition) is 3. The first-order valence-electron chi connectivity index (χ1n) is 11.9. The lowest BCUT2D eigenvalue weighted by Gasteiger charge is -2.28. The van der Waals surface area contributed by atoms with Crippen molar-refractivity contribution in [2.24, 2.45) is 5.92 Å². The highest BCUT2D eigenvalue weighted by atomic mass is 16.5. The van der Waals surface area contributed by atoms with Crippen LogP contribution in [0, 0.1) is 5.92 Å². The first-order chi connectivity index (χ1) is 16.9. The summed E-state index contributed by atoms with van der Waals surface area (Å²) in [6.07, 6.45) is 4.06. The number of carboxylic acids is 1. The van der Waals surface area contributed by atoms with Crippen molar-refractivity contribution in [1.29, 1.82) is 0 Å². The Morgan fingerprint density at radius 3 is 2.34 bits per heavy atom. The van der Waals surface area contributed by atoms with Gasteiger partial charge in [0, 0.05) is 24.8 Å². The lowest BCUT2D eigenvalue weighted by Crippen LogP contribution is -2.45. The van der Waals surface area contributed by atoms with E-state index in [1.54, 1.807) is 0 Å². The van der Waals surface area contributed by atoms with E-state index in [0.29, 0.717) is 12.8 Å². The highest BCUT2D eigenvalue weighted by molar-refractivity contribution is 5.84. The summed E-state index contributed by atoms with van der Waals surface area (Å²) in [7, 11) is 0. The van der Waals surface area contributed by atoms with Crippen LogP contribution in [0.25, 0.3) is 11.1 Å². The largest absolute Gasteiger partial charge is 0.479 e. The van der Waals surface area contributed by atoms with Crippen molar-refractivity contribution in [1.82, 2.24) is 10.2 Å². The second-order valence-corrected chi connectivity index (χ2v) is 9.52. The molecule has 3 N–H and O–H groups in total. The molecular formula is C27H28N2O6. The van der Waals surface area contributed by atoms with Crippen molar-refractivity contribution in [3.05, 3.63) is 71.8 Å². The lowest BCUT2D eigenvalue weighted by atomic mass is 9.90. The van der Waals surface area contributed by atoms with E-state index in [2.05, 4.69) is 29.6 Å².